The number of nitroso groups, excluding NO2 is 1. The molecule has 0 radical (unpaired) electrons. The number of rotatable bonds is 1. The monoisotopic (exact) mass is 306 g/mol. The van der Waals surface area contributed by atoms with Gasteiger partial charge in [-0.1, -0.05) is 0 Å². The summed E-state index contributed by atoms with van der Waals surface area (Å²) in [5.74, 6) is -0.740. The van der Waals surface area contributed by atoms with Crippen molar-refractivity contribution < 1.29 is 9.50 Å². The number of nitrogens with one attached hydrogen (secondary N) is 1. The van der Waals surface area contributed by atoms with E-state index in [0.29, 0.717) is 14.5 Å². The van der Waals surface area contributed by atoms with E-state index in [1.165, 1.54) is 12.1 Å². The number of aromatic amines is 1. The molecule has 6 heteroatoms. The zero-order valence-electron chi connectivity index (χ0n) is 6.71. The van der Waals surface area contributed by atoms with E-state index in [0.717, 1.165) is 0 Å². The molecular weight excluding hydrogens is 302 g/mol. The number of aromatic hydroxyl groups is 1. The standard InChI is InChI=1S/C8H4FIN2O2/c9-4-2-1-3-6(5(4)10)11-8(13)7(3)12-14/h1-2,11,13H. The van der Waals surface area contributed by atoms with E-state index in [1.807, 2.05) is 0 Å². The second-order valence-electron chi connectivity index (χ2n) is 2.70. The fraction of sp³-hybridized carbons (Fsp3) is 0. The number of fused-ring (bicyclic) bond motifs is 1. The summed E-state index contributed by atoms with van der Waals surface area (Å²) in [5.41, 5.74) is 0.301. The Kier molecular flexibility index (Phi) is 2.14. The van der Waals surface area contributed by atoms with Crippen molar-refractivity contribution in [1.29, 1.82) is 0 Å². The van der Waals surface area contributed by atoms with Crippen LogP contribution in [-0.2, 0) is 0 Å². The van der Waals surface area contributed by atoms with Crippen LogP contribution < -0.4 is 0 Å². The fourth-order valence-corrected chi connectivity index (χ4v) is 1.87. The number of nitrogens with zero attached hydrogens (tertiary/aromatic N) is 1. The lowest BCUT2D eigenvalue weighted by Gasteiger charge is -1.94. The molecule has 0 saturated heterocycles. The van der Waals surface area contributed by atoms with Crippen LogP contribution in [0.1, 0.15) is 0 Å². The van der Waals surface area contributed by atoms with Crippen LogP contribution in [0.5, 0.6) is 5.88 Å². The molecule has 0 amide bonds. The van der Waals surface area contributed by atoms with Crippen LogP contribution in [0.15, 0.2) is 17.3 Å². The number of hydrogen-bond donors (Lipinski definition) is 2. The average Bonchev–Trinajstić information content (AvgIpc) is 2.49. The van der Waals surface area contributed by atoms with Crippen molar-refractivity contribution in [3.63, 3.8) is 0 Å². The lowest BCUT2D eigenvalue weighted by Crippen LogP contribution is -1.81. The first kappa shape index (κ1) is 9.38. The summed E-state index contributed by atoms with van der Waals surface area (Å²) in [6, 6.07) is 2.63. The van der Waals surface area contributed by atoms with Crippen molar-refractivity contribution in [2.45, 2.75) is 0 Å². The van der Waals surface area contributed by atoms with Crippen LogP contribution in [0, 0.1) is 14.3 Å². The highest BCUT2D eigenvalue weighted by molar-refractivity contribution is 14.1. The highest BCUT2D eigenvalue weighted by atomic mass is 127. The van der Waals surface area contributed by atoms with Crippen molar-refractivity contribution in [3.8, 4) is 5.88 Å². The van der Waals surface area contributed by atoms with Crippen LogP contribution in [0.25, 0.3) is 10.9 Å². The Balaban J connectivity index is 2.93. The molecule has 0 saturated carbocycles. The number of aromatic nitrogens is 1. The third-order valence-electron chi connectivity index (χ3n) is 1.91. The molecule has 1 aromatic carbocycles. The third kappa shape index (κ3) is 1.17. The Hall–Kier alpha value is -1.18. The van der Waals surface area contributed by atoms with Gasteiger partial charge < -0.3 is 10.1 Å². The minimum absolute atomic E-state index is 0.0853. The van der Waals surface area contributed by atoms with Crippen molar-refractivity contribution in [2.24, 2.45) is 5.18 Å². The molecule has 0 aliphatic rings. The summed E-state index contributed by atoms with van der Waals surface area (Å²) in [5, 5.41) is 12.4. The molecule has 0 spiro atoms. The van der Waals surface area contributed by atoms with Crippen molar-refractivity contribution in [3.05, 3.63) is 26.4 Å². The molecule has 2 rings (SSSR count). The first-order valence-electron chi connectivity index (χ1n) is 3.67. The van der Waals surface area contributed by atoms with Crippen LogP contribution >= 0.6 is 22.6 Å². The summed E-state index contributed by atoms with van der Waals surface area (Å²) in [6.07, 6.45) is 0. The molecule has 2 N–H and O–H groups in total. The Labute approximate surface area is 91.2 Å². The minimum atomic E-state index is -0.406. The first-order valence-corrected chi connectivity index (χ1v) is 4.75. The van der Waals surface area contributed by atoms with Gasteiger partial charge in [0.15, 0.2) is 5.69 Å². The van der Waals surface area contributed by atoms with Gasteiger partial charge in [-0.3, -0.25) is 0 Å². The summed E-state index contributed by atoms with van der Waals surface area (Å²) in [6.45, 7) is 0. The minimum Gasteiger partial charge on any atom is -0.493 e. The molecule has 0 atom stereocenters. The molecule has 72 valence electrons. The molecule has 0 bridgehead atoms. The van der Waals surface area contributed by atoms with Crippen LogP contribution in [0.2, 0.25) is 0 Å². The third-order valence-corrected chi connectivity index (χ3v) is 2.96. The van der Waals surface area contributed by atoms with Gasteiger partial charge in [0.2, 0.25) is 5.88 Å². The highest BCUT2D eigenvalue weighted by Crippen LogP contribution is 2.37. The van der Waals surface area contributed by atoms with Gasteiger partial charge >= 0.3 is 0 Å². The molecule has 14 heavy (non-hydrogen) atoms. The molecule has 2 aromatic rings. The Bertz CT molecular complexity index is 524. The van der Waals surface area contributed by atoms with Gasteiger partial charge in [-0.25, -0.2) is 4.39 Å². The number of hydrogen-bond acceptors (Lipinski definition) is 3. The Morgan fingerprint density at radius 2 is 2.21 bits per heavy atom. The maximum absolute atomic E-state index is 13.1. The zero-order chi connectivity index (χ0) is 10.3. The van der Waals surface area contributed by atoms with E-state index in [2.05, 4.69) is 10.2 Å². The fourth-order valence-electron chi connectivity index (χ4n) is 1.27. The van der Waals surface area contributed by atoms with Gasteiger partial charge in [0.25, 0.3) is 0 Å². The van der Waals surface area contributed by atoms with Gasteiger partial charge in [-0.2, -0.15) is 0 Å². The summed E-state index contributed by atoms with van der Waals surface area (Å²) >= 11 is 1.79. The molecular formula is C8H4FIN2O2. The van der Waals surface area contributed by atoms with Crippen LogP contribution in [0.4, 0.5) is 10.1 Å². The SMILES string of the molecule is O=Nc1c(O)[nH]c2c(I)c(F)ccc12. The molecule has 1 aromatic heterocycles. The van der Waals surface area contributed by atoms with E-state index in [-0.39, 0.29) is 11.6 Å². The van der Waals surface area contributed by atoms with Crippen molar-refractivity contribution in [1.82, 2.24) is 4.98 Å². The average molecular weight is 306 g/mol. The zero-order valence-corrected chi connectivity index (χ0v) is 8.87. The van der Waals surface area contributed by atoms with Gasteiger partial charge in [-0.15, -0.1) is 4.91 Å². The Morgan fingerprint density at radius 1 is 1.50 bits per heavy atom. The summed E-state index contributed by atoms with van der Waals surface area (Å²) in [7, 11) is 0. The van der Waals surface area contributed by atoms with E-state index >= 15 is 0 Å². The van der Waals surface area contributed by atoms with Crippen LogP contribution in [0.3, 0.4) is 0 Å². The normalized spacial score (nSPS) is 10.7. The van der Waals surface area contributed by atoms with Gasteiger partial charge in [-0.05, 0) is 39.9 Å². The van der Waals surface area contributed by atoms with E-state index in [1.54, 1.807) is 22.6 Å². The quantitative estimate of drug-likeness (QED) is 0.628. The molecule has 0 unspecified atom stereocenters. The predicted octanol–water partition coefficient (Wildman–Crippen LogP) is 3.02. The van der Waals surface area contributed by atoms with Gasteiger partial charge in [0.05, 0.1) is 9.09 Å². The smallest absolute Gasteiger partial charge is 0.219 e. The highest BCUT2D eigenvalue weighted by Gasteiger charge is 2.15. The topological polar surface area (TPSA) is 65.4 Å². The largest absolute Gasteiger partial charge is 0.493 e. The van der Waals surface area contributed by atoms with Crippen LogP contribution in [-0.4, -0.2) is 10.1 Å². The van der Waals surface area contributed by atoms with Gasteiger partial charge in [0.1, 0.15) is 5.82 Å². The number of halogens is 2. The van der Waals surface area contributed by atoms with E-state index in [9.17, 15) is 14.4 Å². The lowest BCUT2D eigenvalue weighted by atomic mass is 10.2. The van der Waals surface area contributed by atoms with Gasteiger partial charge in [0, 0.05) is 5.39 Å². The summed E-state index contributed by atoms with van der Waals surface area (Å²) < 4.78 is 13.4. The number of benzene rings is 1. The number of H-pyrrole nitrogens is 1. The maximum atomic E-state index is 13.1. The molecule has 0 aliphatic heterocycles. The molecule has 0 fully saturated rings. The van der Waals surface area contributed by atoms with Crippen molar-refractivity contribution in [2.75, 3.05) is 0 Å². The summed E-state index contributed by atoms with van der Waals surface area (Å²) in [4.78, 5) is 12.9. The van der Waals surface area contributed by atoms with E-state index in [4.69, 9.17) is 0 Å². The lowest BCUT2D eigenvalue weighted by molar-refractivity contribution is 0.460. The molecule has 4 nitrogen and oxygen atoms in total. The molecule has 1 heterocycles. The Morgan fingerprint density at radius 3 is 2.86 bits per heavy atom. The van der Waals surface area contributed by atoms with E-state index < -0.39 is 5.82 Å². The van der Waals surface area contributed by atoms with Crippen molar-refractivity contribution >= 4 is 39.2 Å². The second-order valence-corrected chi connectivity index (χ2v) is 3.78. The predicted molar refractivity (Wildman–Crippen MR) is 58.1 cm³/mol. The molecule has 0 aliphatic carbocycles. The maximum Gasteiger partial charge on any atom is 0.219 e. The first-order chi connectivity index (χ1) is 6.65. The second kappa shape index (κ2) is 3.19.